The van der Waals surface area contributed by atoms with Crippen LogP contribution in [0.4, 0.5) is 0 Å². The topological polar surface area (TPSA) is 79.3 Å². The van der Waals surface area contributed by atoms with E-state index in [4.69, 9.17) is 5.11 Å². The van der Waals surface area contributed by atoms with Gasteiger partial charge in [-0.25, -0.2) is 9.78 Å². The van der Waals surface area contributed by atoms with E-state index in [0.29, 0.717) is 12.5 Å². The Kier molecular flexibility index (Phi) is 3.19. The van der Waals surface area contributed by atoms with Crippen molar-refractivity contribution in [2.75, 3.05) is 6.54 Å². The molecule has 0 atom stereocenters. The van der Waals surface area contributed by atoms with Crippen LogP contribution >= 0.6 is 11.3 Å². The van der Waals surface area contributed by atoms with Gasteiger partial charge < -0.3 is 10.4 Å². The van der Waals surface area contributed by atoms with Crippen molar-refractivity contribution in [1.29, 1.82) is 0 Å². The van der Waals surface area contributed by atoms with Gasteiger partial charge in [0.15, 0.2) is 10.7 Å². The second-order valence-corrected chi connectivity index (χ2v) is 4.71. The number of hydrogen-bond donors (Lipinski definition) is 2. The number of amides is 1. The van der Waals surface area contributed by atoms with Gasteiger partial charge in [0.05, 0.1) is 0 Å². The average Bonchev–Trinajstić information content (AvgIpc) is 2.63. The van der Waals surface area contributed by atoms with Crippen LogP contribution in [0.2, 0.25) is 0 Å². The number of hydrogen-bond acceptors (Lipinski definition) is 4. The number of nitrogens with zero attached hydrogens (tertiary/aromatic N) is 1. The van der Waals surface area contributed by atoms with Crippen molar-refractivity contribution in [3.8, 4) is 0 Å². The molecule has 0 aromatic carbocycles. The van der Waals surface area contributed by atoms with Gasteiger partial charge in [-0.1, -0.05) is 6.42 Å². The van der Waals surface area contributed by atoms with Gasteiger partial charge in [0.25, 0.3) is 5.91 Å². The predicted molar refractivity (Wildman–Crippen MR) is 58.7 cm³/mol. The predicted octanol–water partition coefficient (Wildman–Crippen LogP) is 1.37. The van der Waals surface area contributed by atoms with Crippen LogP contribution in [-0.2, 0) is 0 Å². The van der Waals surface area contributed by atoms with E-state index < -0.39 is 5.97 Å². The summed E-state index contributed by atoms with van der Waals surface area (Å²) in [6, 6.07) is 0. The molecule has 1 amide bonds. The van der Waals surface area contributed by atoms with Gasteiger partial charge in [0.2, 0.25) is 0 Å². The summed E-state index contributed by atoms with van der Waals surface area (Å²) >= 11 is 1.06. The summed E-state index contributed by atoms with van der Waals surface area (Å²) in [5, 5.41) is 13.0. The SMILES string of the molecule is O=C(O)c1csc(C(=O)NCC2CCC2)n1. The van der Waals surface area contributed by atoms with Crippen LogP contribution in [0.5, 0.6) is 0 Å². The molecule has 0 radical (unpaired) electrons. The number of carbonyl (C=O) groups excluding carboxylic acids is 1. The van der Waals surface area contributed by atoms with Gasteiger partial charge in [-0.2, -0.15) is 0 Å². The molecular weight excluding hydrogens is 228 g/mol. The Hall–Kier alpha value is -1.43. The lowest BCUT2D eigenvalue weighted by Crippen LogP contribution is -2.32. The zero-order valence-corrected chi connectivity index (χ0v) is 9.42. The fourth-order valence-corrected chi connectivity index (χ4v) is 2.19. The molecule has 2 N–H and O–H groups in total. The Labute approximate surface area is 96.5 Å². The molecule has 0 bridgehead atoms. The van der Waals surface area contributed by atoms with Crippen molar-refractivity contribution < 1.29 is 14.7 Å². The highest BCUT2D eigenvalue weighted by atomic mass is 32.1. The molecule has 86 valence electrons. The minimum atomic E-state index is -1.10. The van der Waals surface area contributed by atoms with E-state index in [0.717, 1.165) is 11.3 Å². The lowest BCUT2D eigenvalue weighted by atomic mass is 9.85. The number of aromatic nitrogens is 1. The van der Waals surface area contributed by atoms with Crippen LogP contribution in [0.25, 0.3) is 0 Å². The summed E-state index contributed by atoms with van der Waals surface area (Å²) < 4.78 is 0. The van der Waals surface area contributed by atoms with Crippen LogP contribution in [0.1, 0.15) is 39.6 Å². The molecular formula is C10H12N2O3S. The molecule has 0 aliphatic heterocycles. The minimum absolute atomic E-state index is 0.0706. The van der Waals surface area contributed by atoms with E-state index in [1.807, 2.05) is 0 Å². The molecule has 1 aliphatic rings. The molecule has 16 heavy (non-hydrogen) atoms. The lowest BCUT2D eigenvalue weighted by molar-refractivity contribution is 0.0691. The summed E-state index contributed by atoms with van der Waals surface area (Å²) in [7, 11) is 0. The van der Waals surface area contributed by atoms with Crippen LogP contribution in [-0.4, -0.2) is 28.5 Å². The Morgan fingerprint density at radius 1 is 1.56 bits per heavy atom. The monoisotopic (exact) mass is 240 g/mol. The third kappa shape index (κ3) is 2.38. The number of carboxylic acids is 1. The van der Waals surface area contributed by atoms with Gasteiger partial charge in [-0.15, -0.1) is 11.3 Å². The summed E-state index contributed by atoms with van der Waals surface area (Å²) in [6.45, 7) is 0.667. The van der Waals surface area contributed by atoms with Crippen molar-refractivity contribution in [2.24, 2.45) is 5.92 Å². The second-order valence-electron chi connectivity index (χ2n) is 3.85. The van der Waals surface area contributed by atoms with Gasteiger partial charge in [-0.05, 0) is 18.8 Å². The van der Waals surface area contributed by atoms with Crippen molar-refractivity contribution in [3.05, 3.63) is 16.1 Å². The molecule has 0 spiro atoms. The first-order valence-corrected chi connectivity index (χ1v) is 6.02. The summed E-state index contributed by atoms with van der Waals surface area (Å²) in [5.41, 5.74) is -0.0706. The van der Waals surface area contributed by atoms with Crippen LogP contribution in [0.15, 0.2) is 5.38 Å². The van der Waals surface area contributed by atoms with Gasteiger partial charge >= 0.3 is 5.97 Å². The van der Waals surface area contributed by atoms with E-state index in [2.05, 4.69) is 10.3 Å². The van der Waals surface area contributed by atoms with Crippen LogP contribution < -0.4 is 5.32 Å². The number of carboxylic acid groups (broad SMARTS) is 1. The number of thiazole rings is 1. The van der Waals surface area contributed by atoms with Crippen molar-refractivity contribution in [1.82, 2.24) is 10.3 Å². The minimum Gasteiger partial charge on any atom is -0.476 e. The molecule has 0 unspecified atom stereocenters. The Balaban J connectivity index is 1.89. The maximum atomic E-state index is 11.6. The van der Waals surface area contributed by atoms with Crippen molar-refractivity contribution in [3.63, 3.8) is 0 Å². The third-order valence-corrected chi connectivity index (χ3v) is 3.53. The summed E-state index contributed by atoms with van der Waals surface area (Å²) in [5.74, 6) is -0.790. The Bertz CT molecular complexity index is 412. The van der Waals surface area contributed by atoms with E-state index in [1.54, 1.807) is 0 Å². The zero-order valence-electron chi connectivity index (χ0n) is 8.60. The quantitative estimate of drug-likeness (QED) is 0.833. The van der Waals surface area contributed by atoms with Crippen LogP contribution in [0.3, 0.4) is 0 Å². The molecule has 0 saturated heterocycles. The van der Waals surface area contributed by atoms with E-state index in [9.17, 15) is 9.59 Å². The Morgan fingerprint density at radius 2 is 2.31 bits per heavy atom. The first-order chi connectivity index (χ1) is 7.66. The van der Waals surface area contributed by atoms with Crippen molar-refractivity contribution >= 4 is 23.2 Å². The molecule has 1 saturated carbocycles. The largest absolute Gasteiger partial charge is 0.476 e. The average molecular weight is 240 g/mol. The van der Waals surface area contributed by atoms with Gasteiger partial charge in [-0.3, -0.25) is 4.79 Å². The number of aromatic carboxylic acids is 1. The van der Waals surface area contributed by atoms with Gasteiger partial charge in [0, 0.05) is 11.9 Å². The van der Waals surface area contributed by atoms with Gasteiger partial charge in [0.1, 0.15) is 0 Å². The molecule has 1 aromatic heterocycles. The molecule has 1 fully saturated rings. The van der Waals surface area contributed by atoms with E-state index in [-0.39, 0.29) is 16.6 Å². The highest BCUT2D eigenvalue weighted by molar-refractivity contribution is 7.11. The first kappa shape index (κ1) is 11.1. The summed E-state index contributed by atoms with van der Waals surface area (Å²) in [6.07, 6.45) is 3.57. The zero-order chi connectivity index (χ0) is 11.5. The number of rotatable bonds is 4. The molecule has 1 aromatic rings. The highest BCUT2D eigenvalue weighted by Gasteiger charge is 2.20. The normalized spacial score (nSPS) is 15.5. The van der Waals surface area contributed by atoms with Crippen LogP contribution in [0, 0.1) is 5.92 Å². The lowest BCUT2D eigenvalue weighted by Gasteiger charge is -2.25. The smallest absolute Gasteiger partial charge is 0.355 e. The number of carbonyl (C=O) groups is 2. The summed E-state index contributed by atoms with van der Waals surface area (Å²) in [4.78, 5) is 25.9. The maximum absolute atomic E-state index is 11.6. The first-order valence-electron chi connectivity index (χ1n) is 5.14. The highest BCUT2D eigenvalue weighted by Crippen LogP contribution is 2.25. The molecule has 1 aliphatic carbocycles. The maximum Gasteiger partial charge on any atom is 0.355 e. The molecule has 2 rings (SSSR count). The molecule has 6 heteroatoms. The molecule has 5 nitrogen and oxygen atoms in total. The fraction of sp³-hybridized carbons (Fsp3) is 0.500. The standard InChI is InChI=1S/C10H12N2O3S/c13-8(11-4-6-2-1-3-6)9-12-7(5-16-9)10(14)15/h5-6H,1-4H2,(H,11,13)(H,14,15). The van der Waals surface area contributed by atoms with Crippen molar-refractivity contribution in [2.45, 2.75) is 19.3 Å². The number of nitrogens with one attached hydrogen (secondary N) is 1. The third-order valence-electron chi connectivity index (χ3n) is 2.69. The Morgan fingerprint density at radius 3 is 2.81 bits per heavy atom. The van der Waals surface area contributed by atoms with E-state index >= 15 is 0 Å². The fourth-order valence-electron chi connectivity index (χ4n) is 1.49. The second kappa shape index (κ2) is 4.61. The molecule has 1 heterocycles. The van der Waals surface area contributed by atoms with E-state index in [1.165, 1.54) is 24.6 Å².